The number of aryl methyl sites for hydroxylation is 3. The van der Waals surface area contributed by atoms with E-state index in [2.05, 4.69) is 40.7 Å². The molecule has 0 aliphatic heterocycles. The molecule has 0 N–H and O–H groups in total. The number of hydrogen-bond donors (Lipinski definition) is 0. The minimum atomic E-state index is -0.303. The Balaban J connectivity index is 1.43. The van der Waals surface area contributed by atoms with E-state index in [1.165, 1.54) is 11.1 Å². The molecule has 164 valence electrons. The van der Waals surface area contributed by atoms with Gasteiger partial charge in [-0.05, 0) is 35.2 Å². The number of nitrogens with zero attached hydrogens (tertiary/aromatic N) is 4. The van der Waals surface area contributed by atoms with Crippen molar-refractivity contribution in [3.05, 3.63) is 119 Å². The molecule has 0 bridgehead atoms. The summed E-state index contributed by atoms with van der Waals surface area (Å²) in [5, 5.41) is 13.9. The number of aromatic nitrogens is 3. The number of rotatable bonds is 7. The van der Waals surface area contributed by atoms with Crippen LogP contribution in [-0.2, 0) is 19.5 Å². The van der Waals surface area contributed by atoms with Crippen LogP contribution in [-0.4, -0.2) is 19.0 Å². The Labute approximate surface area is 191 Å². The Kier molecular flexibility index (Phi) is 5.48. The third kappa shape index (κ3) is 4.28. The lowest BCUT2D eigenvalue weighted by molar-refractivity contribution is -0.384. The van der Waals surface area contributed by atoms with Crippen LogP contribution in [0.4, 0.5) is 5.69 Å². The first-order valence-electron chi connectivity index (χ1n) is 11.0. The van der Waals surface area contributed by atoms with E-state index < -0.39 is 0 Å². The smallest absolute Gasteiger partial charge is 0.294 e. The fourth-order valence-electron chi connectivity index (χ4n) is 4.27. The molecule has 0 radical (unpaired) electrons. The van der Waals surface area contributed by atoms with E-state index in [-0.39, 0.29) is 10.6 Å². The van der Waals surface area contributed by atoms with Crippen LogP contribution < -0.4 is 0 Å². The molecule has 0 aliphatic carbocycles. The molecule has 6 nitrogen and oxygen atoms in total. The van der Waals surface area contributed by atoms with Crippen molar-refractivity contribution < 1.29 is 4.92 Å². The summed E-state index contributed by atoms with van der Waals surface area (Å²) in [5.41, 5.74) is 5.14. The molecular formula is C27H24N4O2. The predicted octanol–water partition coefficient (Wildman–Crippen LogP) is 6.01. The van der Waals surface area contributed by atoms with Gasteiger partial charge in [0.05, 0.1) is 35.2 Å². The summed E-state index contributed by atoms with van der Waals surface area (Å²) >= 11 is 0. The lowest BCUT2D eigenvalue weighted by atomic mass is 9.99. The minimum Gasteiger partial charge on any atom is -0.341 e. The first-order valence-corrected chi connectivity index (χ1v) is 11.0. The van der Waals surface area contributed by atoms with E-state index in [1.54, 1.807) is 6.20 Å². The molecule has 2 aromatic heterocycles. The van der Waals surface area contributed by atoms with Gasteiger partial charge in [-0.25, -0.2) is 4.98 Å². The molecule has 0 amide bonds. The van der Waals surface area contributed by atoms with Crippen LogP contribution >= 0.6 is 0 Å². The van der Waals surface area contributed by atoms with Gasteiger partial charge in [0, 0.05) is 18.9 Å². The molecule has 0 saturated heterocycles. The van der Waals surface area contributed by atoms with Crippen LogP contribution in [0, 0.1) is 17.0 Å². The summed E-state index contributed by atoms with van der Waals surface area (Å²) in [5.74, 6) is 0. The van der Waals surface area contributed by atoms with E-state index >= 15 is 0 Å². The Morgan fingerprint density at radius 3 is 2.55 bits per heavy atom. The quantitative estimate of drug-likeness (QED) is 0.232. The van der Waals surface area contributed by atoms with Crippen molar-refractivity contribution >= 4 is 16.5 Å². The van der Waals surface area contributed by atoms with Crippen molar-refractivity contribution in [3.8, 4) is 11.1 Å². The van der Waals surface area contributed by atoms with Gasteiger partial charge in [-0.1, -0.05) is 72.3 Å². The second-order valence-electron chi connectivity index (χ2n) is 8.33. The van der Waals surface area contributed by atoms with E-state index in [0.717, 1.165) is 35.0 Å². The summed E-state index contributed by atoms with van der Waals surface area (Å²) in [4.78, 5) is 15.9. The number of hydrogen-bond acceptors (Lipinski definition) is 3. The van der Waals surface area contributed by atoms with E-state index in [1.807, 2.05) is 65.8 Å². The normalized spacial score (nSPS) is 11.2. The van der Waals surface area contributed by atoms with Crippen molar-refractivity contribution in [1.82, 2.24) is 14.1 Å². The summed E-state index contributed by atoms with van der Waals surface area (Å²) in [6, 6.07) is 22.4. The Morgan fingerprint density at radius 1 is 0.939 bits per heavy atom. The third-order valence-electron chi connectivity index (χ3n) is 6.04. The summed E-state index contributed by atoms with van der Waals surface area (Å²) in [6.45, 7) is 3.40. The van der Waals surface area contributed by atoms with Crippen LogP contribution in [0.3, 0.4) is 0 Å². The second kappa shape index (κ2) is 8.74. The highest BCUT2D eigenvalue weighted by molar-refractivity contribution is 5.98. The number of benzene rings is 3. The molecule has 0 saturated carbocycles. The Morgan fingerprint density at radius 2 is 1.73 bits per heavy atom. The molecule has 2 heterocycles. The van der Waals surface area contributed by atoms with Gasteiger partial charge in [-0.3, -0.25) is 10.1 Å². The van der Waals surface area contributed by atoms with Crippen LogP contribution in [0.2, 0.25) is 0 Å². The fraction of sp³-hybridized carbons (Fsp3) is 0.148. The molecular weight excluding hydrogens is 412 g/mol. The molecule has 33 heavy (non-hydrogen) atoms. The highest BCUT2D eigenvalue weighted by Crippen LogP contribution is 2.35. The van der Waals surface area contributed by atoms with Gasteiger partial charge in [0.15, 0.2) is 0 Å². The van der Waals surface area contributed by atoms with Crippen molar-refractivity contribution in [3.63, 3.8) is 0 Å². The second-order valence-corrected chi connectivity index (χ2v) is 8.33. The molecule has 6 heteroatoms. The predicted molar refractivity (Wildman–Crippen MR) is 130 cm³/mol. The summed E-state index contributed by atoms with van der Waals surface area (Å²) in [6.07, 6.45) is 8.05. The lowest BCUT2D eigenvalue weighted by Gasteiger charge is -2.09. The highest BCUT2D eigenvalue weighted by Gasteiger charge is 2.21. The van der Waals surface area contributed by atoms with E-state index in [4.69, 9.17) is 0 Å². The summed E-state index contributed by atoms with van der Waals surface area (Å²) in [7, 11) is 0. The van der Waals surface area contributed by atoms with Crippen molar-refractivity contribution in [2.75, 3.05) is 0 Å². The first kappa shape index (κ1) is 20.7. The maximum absolute atomic E-state index is 11.9. The summed E-state index contributed by atoms with van der Waals surface area (Å²) < 4.78 is 4.00. The van der Waals surface area contributed by atoms with Crippen LogP contribution in [0.5, 0.6) is 0 Å². The topological polar surface area (TPSA) is 65.9 Å². The number of nitro groups is 1. The van der Waals surface area contributed by atoms with Gasteiger partial charge in [-0.15, -0.1) is 0 Å². The van der Waals surface area contributed by atoms with Crippen molar-refractivity contribution in [1.29, 1.82) is 0 Å². The zero-order chi connectivity index (χ0) is 22.8. The van der Waals surface area contributed by atoms with Crippen LogP contribution in [0.15, 0.2) is 91.6 Å². The average Bonchev–Trinajstić information content (AvgIpc) is 3.45. The zero-order valence-corrected chi connectivity index (χ0v) is 18.4. The zero-order valence-electron chi connectivity index (χ0n) is 18.4. The van der Waals surface area contributed by atoms with E-state index in [0.29, 0.717) is 12.1 Å². The standard InChI is InChI=1S/C27H24N4O2/c1-20-9-11-21(12-10-20)13-14-30-19-28-15-23(30)16-29-17-26(27(18-29)31(32)33)25-8-4-6-22-5-2-3-7-24(22)25/h2-12,15,17-19H,13-14,16H2,1H3. The van der Waals surface area contributed by atoms with Crippen molar-refractivity contribution in [2.45, 2.75) is 26.4 Å². The van der Waals surface area contributed by atoms with Crippen molar-refractivity contribution in [2.24, 2.45) is 0 Å². The molecule has 5 rings (SSSR count). The maximum Gasteiger partial charge on any atom is 0.294 e. The van der Waals surface area contributed by atoms with Gasteiger partial charge < -0.3 is 9.13 Å². The molecule has 0 aliphatic rings. The van der Waals surface area contributed by atoms with Crippen LogP contribution in [0.1, 0.15) is 16.8 Å². The monoisotopic (exact) mass is 436 g/mol. The first-order chi connectivity index (χ1) is 16.1. The van der Waals surface area contributed by atoms with E-state index in [9.17, 15) is 10.1 Å². The molecule has 5 aromatic rings. The van der Waals surface area contributed by atoms with Gasteiger partial charge in [-0.2, -0.15) is 0 Å². The Hall–Kier alpha value is -4.19. The van der Waals surface area contributed by atoms with Crippen LogP contribution in [0.25, 0.3) is 21.9 Å². The highest BCUT2D eigenvalue weighted by atomic mass is 16.6. The SMILES string of the molecule is Cc1ccc(CCn2cncc2Cn2cc(-c3cccc4ccccc34)c([N+](=O)[O-])c2)cc1. The molecule has 3 aromatic carbocycles. The maximum atomic E-state index is 11.9. The lowest BCUT2D eigenvalue weighted by Crippen LogP contribution is -2.07. The van der Waals surface area contributed by atoms with Gasteiger partial charge in [0.2, 0.25) is 0 Å². The van der Waals surface area contributed by atoms with Gasteiger partial charge >= 0.3 is 0 Å². The molecule has 0 spiro atoms. The molecule has 0 unspecified atom stereocenters. The van der Waals surface area contributed by atoms with Gasteiger partial charge in [0.25, 0.3) is 5.69 Å². The molecule has 0 atom stereocenters. The average molecular weight is 437 g/mol. The fourth-order valence-corrected chi connectivity index (χ4v) is 4.27. The Bertz CT molecular complexity index is 1430. The largest absolute Gasteiger partial charge is 0.341 e. The number of imidazole rings is 1. The number of fused-ring (bicyclic) bond motifs is 1. The minimum absolute atomic E-state index is 0.108. The molecule has 0 fully saturated rings. The third-order valence-corrected chi connectivity index (χ3v) is 6.04. The van der Waals surface area contributed by atoms with Gasteiger partial charge in [0.1, 0.15) is 0 Å².